The normalized spacial score (nSPS) is 23.7. The van der Waals surface area contributed by atoms with Crippen molar-refractivity contribution in [3.8, 4) is 5.75 Å². The first-order valence-electron chi connectivity index (χ1n) is 18.1. The lowest BCUT2D eigenvalue weighted by molar-refractivity contribution is -0.142. The van der Waals surface area contributed by atoms with Crippen LogP contribution < -0.4 is 37.6 Å². The number of amides is 6. The van der Waals surface area contributed by atoms with Crippen LogP contribution in [-0.2, 0) is 50.1 Å². The van der Waals surface area contributed by atoms with Crippen LogP contribution >= 0.6 is 11.3 Å². The van der Waals surface area contributed by atoms with Gasteiger partial charge >= 0.3 is 0 Å². The molecule has 0 aliphatic carbocycles. The third kappa shape index (κ3) is 14.6. The molecule has 0 unspecified atom stereocenters. The molecular weight excluding hydrogens is 785 g/mol. The zero-order chi connectivity index (χ0) is 42.6. The minimum absolute atomic E-state index is 0.00119. The molecule has 2 bridgehead atoms. The highest BCUT2D eigenvalue weighted by molar-refractivity contribution is 7.85. The van der Waals surface area contributed by atoms with E-state index >= 15 is 0 Å². The number of hydrogen-bond acceptors (Lipinski definition) is 13. The predicted molar refractivity (Wildman–Crippen MR) is 209 cm³/mol. The average Bonchev–Trinajstić information content (AvgIpc) is 3.61. The maximum atomic E-state index is 13.9. The largest absolute Gasteiger partial charge is 0.508 e. The molecule has 1 aromatic heterocycles. The number of nitrogens with one attached hydrogen (secondary N) is 6. The lowest BCUT2D eigenvalue weighted by atomic mass is 9.93. The van der Waals surface area contributed by atoms with Crippen LogP contribution in [0.2, 0.25) is 0 Å². The highest BCUT2D eigenvalue weighted by Crippen LogP contribution is 2.25. The summed E-state index contributed by atoms with van der Waals surface area (Å²) in [7, 11) is -4.85. The number of aromatic nitrogens is 1. The van der Waals surface area contributed by atoms with E-state index in [0.717, 1.165) is 17.4 Å². The Bertz CT molecular complexity index is 1930. The summed E-state index contributed by atoms with van der Waals surface area (Å²) in [5.41, 5.74) is 6.54. The maximum absolute atomic E-state index is 13.9. The summed E-state index contributed by atoms with van der Waals surface area (Å²) in [6.45, 7) is 7.59. The second-order valence-corrected chi connectivity index (χ2v) is 16.6. The predicted octanol–water partition coefficient (Wildman–Crippen LogP) is -0.773. The molecule has 10 N–H and O–H groups in total. The van der Waals surface area contributed by atoms with Crippen molar-refractivity contribution < 1.29 is 51.6 Å². The second kappa shape index (κ2) is 20.8. The molecule has 0 radical (unpaired) electrons. The fraction of sp³-hybridized carbons (Fsp3) is 0.500. The van der Waals surface area contributed by atoms with Gasteiger partial charge in [-0.15, -0.1) is 11.3 Å². The number of phenolic OH excluding ortho intramolecular Hbond substituents is 1. The molecule has 0 fully saturated rings. The van der Waals surface area contributed by atoms with E-state index in [4.69, 9.17) is 5.73 Å². The number of ketones is 1. The summed E-state index contributed by atoms with van der Waals surface area (Å²) < 4.78 is 33.2. The first-order valence-corrected chi connectivity index (χ1v) is 20.6. The number of Topliss-reactive ketones (excluding diaryl/α,β-unsaturated/α-hetero) is 1. The van der Waals surface area contributed by atoms with Crippen molar-refractivity contribution in [1.29, 1.82) is 0 Å². The summed E-state index contributed by atoms with van der Waals surface area (Å²) in [6.07, 6.45) is 2.68. The van der Waals surface area contributed by atoms with Crippen molar-refractivity contribution in [2.45, 2.75) is 90.1 Å². The number of fused-ring (bicyclic) bond motifs is 2. The third-order valence-corrected chi connectivity index (χ3v) is 10.6. The Morgan fingerprint density at radius 1 is 0.930 bits per heavy atom. The standard InChI is InChI=1S/C36H50N8O11S2/c1-6-19(4)29-30(47)35(52)42-25(14-21-7-10-23(45)11-8-21)36-39-22(16-56-36)9-12-28(46)40-27(17-57(53,54)55)32(49)38-15-26(43-31(48)20(5)37)34(51)41-24(13-18(2)3)33(50)44-29/h7-12,16,18-20,24-27,29,45H,6,13-15,17,37H2,1-5H3,(H,38,49)(H,40,46)(H,41,51)(H,42,52)(H,43,48)(H,44,50)(H,53,54,55)/b12-9+/t19-,20-,24-,25-,26-,27-,29-/m0/s1. The van der Waals surface area contributed by atoms with Crippen LogP contribution in [-0.4, -0.2) is 107 Å². The molecule has 1 aliphatic heterocycles. The van der Waals surface area contributed by atoms with Gasteiger partial charge in [0.2, 0.25) is 35.3 Å². The van der Waals surface area contributed by atoms with E-state index in [2.05, 4.69) is 36.9 Å². The number of thiazole rings is 1. The Morgan fingerprint density at radius 3 is 2.19 bits per heavy atom. The lowest BCUT2D eigenvalue weighted by Gasteiger charge is -2.28. The Balaban J connectivity index is 2.13. The van der Waals surface area contributed by atoms with Gasteiger partial charge in [0.05, 0.1) is 23.8 Å². The molecule has 0 spiro atoms. The van der Waals surface area contributed by atoms with Gasteiger partial charge < -0.3 is 42.7 Å². The third-order valence-electron chi connectivity index (χ3n) is 8.82. The van der Waals surface area contributed by atoms with E-state index in [1.807, 2.05) is 0 Å². The number of carbonyl (C=O) groups is 7. The van der Waals surface area contributed by atoms with Gasteiger partial charge in [-0.2, -0.15) is 8.42 Å². The van der Waals surface area contributed by atoms with Crippen molar-refractivity contribution >= 4 is 68.8 Å². The quantitative estimate of drug-likeness (QED) is 0.105. The molecule has 57 heavy (non-hydrogen) atoms. The van der Waals surface area contributed by atoms with Gasteiger partial charge in [0.15, 0.2) is 0 Å². The van der Waals surface area contributed by atoms with E-state index in [9.17, 15) is 51.6 Å². The highest BCUT2D eigenvalue weighted by Gasteiger charge is 2.36. The van der Waals surface area contributed by atoms with Crippen LogP contribution in [0, 0.1) is 11.8 Å². The number of carbonyl (C=O) groups excluding carboxylic acids is 7. The fourth-order valence-electron chi connectivity index (χ4n) is 5.52. The number of phenols is 1. The van der Waals surface area contributed by atoms with E-state index < -0.39 is 106 Å². The first-order chi connectivity index (χ1) is 26.7. The van der Waals surface area contributed by atoms with Crippen molar-refractivity contribution in [2.75, 3.05) is 12.3 Å². The van der Waals surface area contributed by atoms with E-state index in [-0.39, 0.29) is 30.2 Å². The Morgan fingerprint density at radius 2 is 1.60 bits per heavy atom. The molecule has 6 amide bonds. The van der Waals surface area contributed by atoms with Crippen LogP contribution in [0.5, 0.6) is 5.75 Å². The minimum Gasteiger partial charge on any atom is -0.508 e. The summed E-state index contributed by atoms with van der Waals surface area (Å²) in [5.74, 6) is -8.79. The molecule has 21 heteroatoms. The number of nitrogens with two attached hydrogens (primary N) is 1. The Labute approximate surface area is 334 Å². The smallest absolute Gasteiger partial charge is 0.290 e. The van der Waals surface area contributed by atoms with Crippen LogP contribution in [0.15, 0.2) is 35.7 Å². The second-order valence-electron chi connectivity index (χ2n) is 14.2. The number of hydrogen-bond donors (Lipinski definition) is 9. The Kier molecular flexibility index (Phi) is 16.8. The molecule has 3 rings (SSSR count). The van der Waals surface area contributed by atoms with Crippen molar-refractivity contribution in [1.82, 2.24) is 36.9 Å². The topological polar surface area (TPSA) is 305 Å². The van der Waals surface area contributed by atoms with Crippen LogP contribution in [0.3, 0.4) is 0 Å². The highest BCUT2D eigenvalue weighted by atomic mass is 32.2. The molecule has 1 aliphatic rings. The van der Waals surface area contributed by atoms with Crippen LogP contribution in [0.25, 0.3) is 6.08 Å². The molecule has 0 saturated heterocycles. The summed E-state index contributed by atoms with van der Waals surface area (Å²) in [6, 6.07) is -2.08. The van der Waals surface area contributed by atoms with E-state index in [0.29, 0.717) is 17.0 Å². The number of aromatic hydroxyl groups is 1. The van der Waals surface area contributed by atoms with Crippen molar-refractivity contribution in [2.24, 2.45) is 17.6 Å². The fourth-order valence-corrected chi connectivity index (χ4v) is 7.01. The van der Waals surface area contributed by atoms with Crippen LogP contribution in [0.4, 0.5) is 0 Å². The zero-order valence-corrected chi connectivity index (χ0v) is 33.7. The van der Waals surface area contributed by atoms with Crippen molar-refractivity contribution in [3.05, 3.63) is 52.0 Å². The number of benzene rings is 1. The monoisotopic (exact) mass is 834 g/mol. The minimum atomic E-state index is -4.85. The van der Waals surface area contributed by atoms with Gasteiger partial charge in [-0.1, -0.05) is 46.2 Å². The summed E-state index contributed by atoms with van der Waals surface area (Å²) in [5, 5.41) is 26.3. The molecule has 2 aromatic rings. The van der Waals surface area contributed by atoms with Gasteiger partial charge in [-0.25, -0.2) is 4.98 Å². The number of nitrogens with zero attached hydrogens (tertiary/aromatic N) is 1. The van der Waals surface area contributed by atoms with Gasteiger partial charge in [-0.3, -0.25) is 38.1 Å². The van der Waals surface area contributed by atoms with Crippen molar-refractivity contribution in [3.63, 3.8) is 0 Å². The molecule has 1 aromatic carbocycles. The molecule has 2 heterocycles. The summed E-state index contributed by atoms with van der Waals surface area (Å²) >= 11 is 1.08. The van der Waals surface area contributed by atoms with Gasteiger partial charge in [-0.05, 0) is 55.4 Å². The van der Waals surface area contributed by atoms with Crippen LogP contribution in [0.1, 0.15) is 69.8 Å². The SMILES string of the molecule is CC[C@H](C)[C@@H]1NC(=O)[C@H](CC(C)C)NC(=O)[C@@H](NC(=O)[C@H](C)N)CNC(=O)[C@H](CS(=O)(=O)O)NC(=O)/C=C/c2csc(n2)[C@H](Cc2ccc(O)cc2)NC(=O)C1=O. The van der Waals surface area contributed by atoms with E-state index in [1.54, 1.807) is 39.8 Å². The molecule has 7 atom stereocenters. The number of rotatable bonds is 10. The van der Waals surface area contributed by atoms with Gasteiger partial charge in [0, 0.05) is 18.0 Å². The molecule has 19 nitrogen and oxygen atoms in total. The summed E-state index contributed by atoms with van der Waals surface area (Å²) in [4.78, 5) is 98.5. The van der Waals surface area contributed by atoms with Gasteiger partial charge in [0.1, 0.15) is 34.6 Å². The average molecular weight is 835 g/mol. The zero-order valence-electron chi connectivity index (χ0n) is 32.1. The molecule has 312 valence electrons. The maximum Gasteiger partial charge on any atom is 0.290 e. The molecule has 0 saturated carbocycles. The Hall–Kier alpha value is -5.25. The van der Waals surface area contributed by atoms with E-state index in [1.165, 1.54) is 30.5 Å². The van der Waals surface area contributed by atoms with Gasteiger partial charge in [0.25, 0.3) is 16.0 Å². The molecular formula is C36H50N8O11S2. The first kappa shape index (κ1) is 46.1. The lowest BCUT2D eigenvalue weighted by Crippen LogP contribution is -2.61.